The number of hydrogen-bond donors (Lipinski definition) is 4. The molecule has 1 fully saturated rings. The van der Waals surface area contributed by atoms with E-state index in [1.54, 1.807) is 6.92 Å². The van der Waals surface area contributed by atoms with Gasteiger partial charge in [0.15, 0.2) is 5.82 Å². The number of nitrogens with zero attached hydrogens (tertiary/aromatic N) is 2. The summed E-state index contributed by atoms with van der Waals surface area (Å²) in [4.78, 5) is 12.5. The van der Waals surface area contributed by atoms with Crippen LogP contribution in [0.5, 0.6) is 0 Å². The summed E-state index contributed by atoms with van der Waals surface area (Å²) in [5.41, 5.74) is 0.776. The first-order chi connectivity index (χ1) is 12.9. The molecule has 2 aromatic rings. The summed E-state index contributed by atoms with van der Waals surface area (Å²) in [6.07, 6.45) is 1.15. The van der Waals surface area contributed by atoms with Gasteiger partial charge in [-0.1, -0.05) is 11.6 Å². The molecule has 3 rings (SSSR count). The molecular formula is C16H17ClF3N4O3S+. The van der Waals surface area contributed by atoms with Gasteiger partial charge in [0.1, 0.15) is 34.9 Å². The zero-order valence-electron chi connectivity index (χ0n) is 14.8. The van der Waals surface area contributed by atoms with Gasteiger partial charge >= 0.3 is 0 Å². The number of halogens is 4. The van der Waals surface area contributed by atoms with Crippen LogP contribution >= 0.6 is 24.4 Å². The number of aryl methyl sites for hydroxylation is 1. The average Bonchev–Trinajstić information content (AvgIpc) is 2.89. The third kappa shape index (κ3) is 3.73. The van der Waals surface area contributed by atoms with Crippen LogP contribution < -0.4 is 14.9 Å². The average molecular weight is 438 g/mol. The van der Waals surface area contributed by atoms with Crippen LogP contribution in [-0.4, -0.2) is 34.4 Å². The maximum absolute atomic E-state index is 14.9. The van der Waals surface area contributed by atoms with E-state index >= 15 is 0 Å². The van der Waals surface area contributed by atoms with E-state index in [4.69, 9.17) is 16.3 Å². The van der Waals surface area contributed by atoms with Crippen LogP contribution in [0.4, 0.5) is 24.5 Å². The Kier molecular flexibility index (Phi) is 5.42. The minimum Gasteiger partial charge on any atom is -0.377 e. The van der Waals surface area contributed by atoms with Crippen molar-refractivity contribution in [3.8, 4) is 0 Å². The lowest BCUT2D eigenvalue weighted by Crippen LogP contribution is -2.68. The Balaban J connectivity index is 1.89. The molecule has 152 valence electrons. The topological polar surface area (TPSA) is 75.5 Å². The Morgan fingerprint density at radius 3 is 2.57 bits per heavy atom. The minimum absolute atomic E-state index is 0.278. The monoisotopic (exact) mass is 437 g/mol. The van der Waals surface area contributed by atoms with Gasteiger partial charge < -0.3 is 14.6 Å². The number of carbonyl (C=O) groups excluding carboxylic acids is 1. The van der Waals surface area contributed by atoms with Gasteiger partial charge in [-0.3, -0.25) is 4.79 Å². The van der Waals surface area contributed by atoms with Gasteiger partial charge in [0.2, 0.25) is 5.82 Å². The van der Waals surface area contributed by atoms with E-state index in [0.717, 1.165) is 22.9 Å². The third-order valence-electron chi connectivity index (χ3n) is 4.20. The number of ether oxygens (including phenoxy) is 1. The molecule has 1 unspecified atom stereocenters. The molecule has 3 N–H and O–H groups in total. The second kappa shape index (κ2) is 7.25. The molecule has 0 saturated carbocycles. The van der Waals surface area contributed by atoms with Crippen LogP contribution in [0.15, 0.2) is 18.3 Å². The first-order valence-electron chi connectivity index (χ1n) is 7.97. The van der Waals surface area contributed by atoms with Crippen molar-refractivity contribution in [2.45, 2.75) is 12.5 Å². The fraction of sp³-hybridized carbons (Fsp3) is 0.312. The summed E-state index contributed by atoms with van der Waals surface area (Å²) < 4.78 is 47.0. The number of aromatic nitrogens is 1. The second-order valence-electron chi connectivity index (χ2n) is 6.73. The van der Waals surface area contributed by atoms with E-state index < -0.39 is 49.5 Å². The Hall–Kier alpha value is -1.76. The molecule has 0 bridgehead atoms. The smallest absolute Gasteiger partial charge is 0.275 e. The molecule has 28 heavy (non-hydrogen) atoms. The summed E-state index contributed by atoms with van der Waals surface area (Å²) in [7, 11) is 1.36. The van der Waals surface area contributed by atoms with Gasteiger partial charge in [-0.05, 0) is 23.2 Å². The van der Waals surface area contributed by atoms with Gasteiger partial charge in [0, 0.05) is 7.05 Å². The Bertz CT molecular complexity index is 950. The van der Waals surface area contributed by atoms with Crippen LogP contribution in [0.2, 0.25) is 5.02 Å². The molecule has 1 aromatic carbocycles. The molecule has 1 atom stereocenters. The van der Waals surface area contributed by atoms with Gasteiger partial charge in [-0.2, -0.15) is 9.60 Å². The molecular weight excluding hydrogens is 421 g/mol. The molecule has 2 heterocycles. The fourth-order valence-electron chi connectivity index (χ4n) is 2.77. The standard InChI is InChI=1S/C16H16ClF3N4O3S/c1-16(6-27-7-16)22-24(26,28)10-5-23(2)14(13(10)20)15(25)21-9-4-3-8(18)11(17)12(9)19/h3-5,22,26,28H,6-7H2,1-2H3/p+1. The van der Waals surface area contributed by atoms with Crippen LogP contribution in [0, 0.1) is 17.5 Å². The summed E-state index contributed by atoms with van der Waals surface area (Å²) in [5, 5.41) is 11.9. The van der Waals surface area contributed by atoms with E-state index in [9.17, 15) is 23.2 Å². The summed E-state index contributed by atoms with van der Waals surface area (Å²) in [6, 6.07) is 1.82. The first-order valence-corrected chi connectivity index (χ1v) is 8.75. The quantitative estimate of drug-likeness (QED) is 0.251. The van der Waals surface area contributed by atoms with Crippen LogP contribution in [0.3, 0.4) is 0 Å². The van der Waals surface area contributed by atoms with Crippen molar-refractivity contribution in [1.82, 2.24) is 14.2 Å². The van der Waals surface area contributed by atoms with Crippen LogP contribution in [0.25, 0.3) is 0 Å². The van der Waals surface area contributed by atoms with Gasteiger partial charge in [0.05, 0.1) is 25.1 Å². The van der Waals surface area contributed by atoms with E-state index in [2.05, 4.69) is 23.6 Å². The number of thiol groups is 1. The van der Waals surface area contributed by atoms with Crippen LogP contribution in [0.1, 0.15) is 17.4 Å². The molecule has 1 aliphatic heterocycles. The van der Waals surface area contributed by atoms with Crippen molar-refractivity contribution in [1.29, 1.82) is 0 Å². The van der Waals surface area contributed by atoms with E-state index in [-0.39, 0.29) is 18.9 Å². The van der Waals surface area contributed by atoms with E-state index in [1.165, 1.54) is 7.05 Å². The molecule has 12 heteroatoms. The SMILES string of the molecule is Cn1cc([N+](O)(S)NC2(C)COC2)c(F)c1C(=O)Nc1ccc(F)c(Cl)c1F. The number of benzene rings is 1. The zero-order valence-corrected chi connectivity index (χ0v) is 16.4. The Labute approximate surface area is 168 Å². The first kappa shape index (κ1) is 21.0. The molecule has 0 spiro atoms. The number of anilines is 1. The van der Waals surface area contributed by atoms with Gasteiger partial charge in [-0.25, -0.2) is 8.78 Å². The molecule has 0 radical (unpaired) electrons. The number of quaternary nitrogens is 1. The maximum atomic E-state index is 14.9. The lowest BCUT2D eigenvalue weighted by Gasteiger charge is -2.40. The second-order valence-corrected chi connectivity index (χ2v) is 7.69. The number of amides is 1. The minimum atomic E-state index is -1.34. The van der Waals surface area contributed by atoms with Crippen molar-refractivity contribution in [3.63, 3.8) is 0 Å². The molecule has 7 nitrogen and oxygen atoms in total. The lowest BCUT2D eigenvalue weighted by atomic mass is 10.0. The molecule has 1 aromatic heterocycles. The Morgan fingerprint density at radius 2 is 2.00 bits per heavy atom. The highest BCUT2D eigenvalue weighted by molar-refractivity contribution is 7.79. The van der Waals surface area contributed by atoms with Crippen molar-refractivity contribution in [2.24, 2.45) is 7.05 Å². The fourth-order valence-corrected chi connectivity index (χ4v) is 3.32. The molecule has 1 aliphatic rings. The summed E-state index contributed by atoms with van der Waals surface area (Å²) >= 11 is 9.49. The predicted molar refractivity (Wildman–Crippen MR) is 99.6 cm³/mol. The van der Waals surface area contributed by atoms with E-state index in [1.807, 2.05) is 0 Å². The van der Waals surface area contributed by atoms with Crippen molar-refractivity contribution < 1.29 is 27.9 Å². The van der Waals surface area contributed by atoms with Crippen molar-refractivity contribution in [3.05, 3.63) is 46.5 Å². The number of rotatable bonds is 5. The summed E-state index contributed by atoms with van der Waals surface area (Å²) in [6.45, 7) is 2.30. The van der Waals surface area contributed by atoms with E-state index in [0.29, 0.717) is 0 Å². The maximum Gasteiger partial charge on any atom is 0.275 e. The van der Waals surface area contributed by atoms with Crippen molar-refractivity contribution in [2.75, 3.05) is 18.5 Å². The third-order valence-corrected chi connectivity index (χ3v) is 4.86. The highest BCUT2D eigenvalue weighted by Gasteiger charge is 2.45. The van der Waals surface area contributed by atoms with Gasteiger partial charge in [-0.15, -0.1) is 5.43 Å². The highest BCUT2D eigenvalue weighted by Crippen LogP contribution is 2.32. The highest BCUT2D eigenvalue weighted by atomic mass is 35.5. The molecule has 0 aliphatic carbocycles. The lowest BCUT2D eigenvalue weighted by molar-refractivity contribution is -0.137. The number of carbonyl (C=O) groups is 1. The van der Waals surface area contributed by atoms with Gasteiger partial charge in [0.25, 0.3) is 11.6 Å². The van der Waals surface area contributed by atoms with Crippen LogP contribution in [-0.2, 0) is 11.8 Å². The molecule has 1 amide bonds. The van der Waals surface area contributed by atoms with Crippen molar-refractivity contribution >= 4 is 41.7 Å². The largest absolute Gasteiger partial charge is 0.377 e. The molecule has 1 saturated heterocycles. The number of nitrogens with one attached hydrogen (secondary N) is 2. The Morgan fingerprint density at radius 1 is 1.36 bits per heavy atom. The normalized spacial score (nSPS) is 17.7. The zero-order chi connectivity index (χ0) is 20.9. The summed E-state index contributed by atoms with van der Waals surface area (Å²) in [5.74, 6) is -4.30. The number of hydrogen-bond acceptors (Lipinski definition) is 5. The predicted octanol–water partition coefficient (Wildman–Crippen LogP) is 3.18.